The highest BCUT2D eigenvalue weighted by Gasteiger charge is 2.63. The lowest BCUT2D eigenvalue weighted by molar-refractivity contribution is -0.159. The second kappa shape index (κ2) is 6.63. The first-order valence-corrected chi connectivity index (χ1v) is 9.48. The largest absolute Gasteiger partial charge is 0.481 e. The lowest BCUT2D eigenvalue weighted by Gasteiger charge is -2.45. The zero-order valence-corrected chi connectivity index (χ0v) is 15.2. The number of carboxylic acids is 1. The van der Waals surface area contributed by atoms with Gasteiger partial charge in [0.05, 0.1) is 29.8 Å². The summed E-state index contributed by atoms with van der Waals surface area (Å²) in [6.45, 7) is 5.27. The molecular weight excluding hydrogens is 324 g/mol. The van der Waals surface area contributed by atoms with Crippen LogP contribution in [0.15, 0.2) is 0 Å². The van der Waals surface area contributed by atoms with Gasteiger partial charge in [-0.3, -0.25) is 9.59 Å². The van der Waals surface area contributed by atoms with Gasteiger partial charge in [-0.15, -0.1) is 0 Å². The number of hydrogen-bond donors (Lipinski definition) is 3. The third kappa shape index (κ3) is 3.02. The molecule has 1 saturated heterocycles. The van der Waals surface area contributed by atoms with E-state index in [0.717, 1.165) is 12.8 Å². The minimum Gasteiger partial charge on any atom is -0.481 e. The van der Waals surface area contributed by atoms with E-state index in [4.69, 9.17) is 4.74 Å². The summed E-state index contributed by atoms with van der Waals surface area (Å²) in [6, 6.07) is 0. The SMILES string of the molecule is CCCC1CC2O[C@H]3[C@@H](C2C(O)C1C(=O)O)[C@H](C(C)=O)CC[C@]3(C)O. The van der Waals surface area contributed by atoms with Gasteiger partial charge in [0.15, 0.2) is 0 Å². The Morgan fingerprint density at radius 3 is 2.52 bits per heavy atom. The van der Waals surface area contributed by atoms with Crippen molar-refractivity contribution in [3.63, 3.8) is 0 Å². The van der Waals surface area contributed by atoms with E-state index in [2.05, 4.69) is 0 Å². The van der Waals surface area contributed by atoms with Crippen LogP contribution >= 0.6 is 0 Å². The van der Waals surface area contributed by atoms with Crippen LogP contribution in [0.4, 0.5) is 0 Å². The maximum Gasteiger partial charge on any atom is 0.309 e. The van der Waals surface area contributed by atoms with Gasteiger partial charge in [-0.2, -0.15) is 0 Å². The molecule has 5 unspecified atom stereocenters. The monoisotopic (exact) mass is 354 g/mol. The number of aliphatic hydroxyl groups excluding tert-OH is 1. The van der Waals surface area contributed by atoms with Gasteiger partial charge in [0, 0.05) is 17.8 Å². The molecule has 0 bridgehead atoms. The minimum atomic E-state index is -1.05. The molecule has 3 N–H and O–H groups in total. The Morgan fingerprint density at radius 1 is 1.28 bits per heavy atom. The fourth-order valence-electron chi connectivity index (χ4n) is 5.76. The first-order chi connectivity index (χ1) is 11.7. The van der Waals surface area contributed by atoms with Gasteiger partial charge < -0.3 is 20.1 Å². The predicted octanol–water partition coefficient (Wildman–Crippen LogP) is 1.62. The smallest absolute Gasteiger partial charge is 0.309 e. The molecule has 1 aliphatic heterocycles. The minimum absolute atomic E-state index is 0.0320. The van der Waals surface area contributed by atoms with Crippen LogP contribution in [-0.4, -0.2) is 51.0 Å². The van der Waals surface area contributed by atoms with E-state index in [9.17, 15) is 24.9 Å². The highest BCUT2D eigenvalue weighted by atomic mass is 16.5. The lowest BCUT2D eigenvalue weighted by atomic mass is 9.59. The van der Waals surface area contributed by atoms with Crippen molar-refractivity contribution in [2.24, 2.45) is 29.6 Å². The molecule has 1 heterocycles. The van der Waals surface area contributed by atoms with Crippen LogP contribution in [0.3, 0.4) is 0 Å². The first-order valence-electron chi connectivity index (χ1n) is 9.48. The molecule has 25 heavy (non-hydrogen) atoms. The summed E-state index contributed by atoms with van der Waals surface area (Å²) < 4.78 is 6.18. The van der Waals surface area contributed by atoms with Gasteiger partial charge in [0.2, 0.25) is 0 Å². The third-order valence-corrected chi connectivity index (χ3v) is 6.86. The van der Waals surface area contributed by atoms with Crippen LogP contribution in [0.2, 0.25) is 0 Å². The Morgan fingerprint density at radius 2 is 1.96 bits per heavy atom. The van der Waals surface area contributed by atoms with E-state index in [0.29, 0.717) is 19.3 Å². The zero-order chi connectivity index (χ0) is 18.5. The average Bonchev–Trinajstić information content (AvgIpc) is 2.88. The van der Waals surface area contributed by atoms with Crippen molar-refractivity contribution in [3.05, 3.63) is 0 Å². The van der Waals surface area contributed by atoms with Gasteiger partial charge >= 0.3 is 5.97 Å². The Labute approximate surface area is 148 Å². The van der Waals surface area contributed by atoms with Gasteiger partial charge in [-0.25, -0.2) is 0 Å². The molecule has 0 aromatic heterocycles. The van der Waals surface area contributed by atoms with Gasteiger partial charge in [0.1, 0.15) is 5.78 Å². The molecule has 0 spiro atoms. The van der Waals surface area contributed by atoms with Crippen molar-refractivity contribution < 1.29 is 29.6 Å². The Hall–Kier alpha value is -0.980. The van der Waals surface area contributed by atoms with Crippen LogP contribution in [-0.2, 0) is 14.3 Å². The summed E-state index contributed by atoms with van der Waals surface area (Å²) >= 11 is 0. The number of hydrogen-bond acceptors (Lipinski definition) is 5. The molecule has 9 atom stereocenters. The Bertz CT molecular complexity index is 544. The van der Waals surface area contributed by atoms with Crippen molar-refractivity contribution in [2.75, 3.05) is 0 Å². The maximum atomic E-state index is 12.2. The van der Waals surface area contributed by atoms with E-state index in [1.54, 1.807) is 13.8 Å². The molecule has 3 fully saturated rings. The highest BCUT2D eigenvalue weighted by molar-refractivity contribution is 5.79. The quantitative estimate of drug-likeness (QED) is 0.709. The fourth-order valence-corrected chi connectivity index (χ4v) is 5.76. The Kier molecular flexibility index (Phi) is 4.99. The summed E-state index contributed by atoms with van der Waals surface area (Å²) in [5.41, 5.74) is -1.05. The summed E-state index contributed by atoms with van der Waals surface area (Å²) in [4.78, 5) is 24.0. The second-order valence-electron chi connectivity index (χ2n) is 8.50. The van der Waals surface area contributed by atoms with Crippen LogP contribution in [0.1, 0.15) is 52.9 Å². The van der Waals surface area contributed by atoms with Crippen molar-refractivity contribution in [1.82, 2.24) is 0 Å². The van der Waals surface area contributed by atoms with Crippen LogP contribution < -0.4 is 0 Å². The number of ketones is 1. The number of carboxylic acid groups (broad SMARTS) is 1. The van der Waals surface area contributed by atoms with Crippen LogP contribution in [0, 0.1) is 29.6 Å². The number of Topliss-reactive ketones (excluding diaryl/α,β-unsaturated/α-hetero) is 1. The number of aliphatic hydroxyl groups is 2. The van der Waals surface area contributed by atoms with E-state index >= 15 is 0 Å². The summed E-state index contributed by atoms with van der Waals surface area (Å²) in [6.07, 6.45) is 1.33. The lowest BCUT2D eigenvalue weighted by Crippen LogP contribution is -2.55. The normalized spacial score (nSPS) is 49.3. The third-order valence-electron chi connectivity index (χ3n) is 6.86. The molecule has 6 nitrogen and oxygen atoms in total. The molecule has 0 amide bonds. The number of rotatable bonds is 4. The predicted molar refractivity (Wildman–Crippen MR) is 89.8 cm³/mol. The molecule has 0 aromatic rings. The first kappa shape index (κ1) is 18.8. The van der Waals surface area contributed by atoms with Crippen LogP contribution in [0.5, 0.6) is 0 Å². The maximum absolute atomic E-state index is 12.2. The van der Waals surface area contributed by atoms with E-state index in [-0.39, 0.29) is 29.6 Å². The molecule has 6 heteroatoms. The second-order valence-corrected chi connectivity index (χ2v) is 8.50. The van der Waals surface area contributed by atoms with Gasteiger partial charge in [0.25, 0.3) is 0 Å². The number of fused-ring (bicyclic) bond motifs is 3. The molecule has 0 radical (unpaired) electrons. The van der Waals surface area contributed by atoms with Gasteiger partial charge in [-0.1, -0.05) is 13.3 Å². The number of aliphatic carboxylic acids is 1. The van der Waals surface area contributed by atoms with Crippen molar-refractivity contribution >= 4 is 11.8 Å². The molecule has 0 aromatic carbocycles. The van der Waals surface area contributed by atoms with Gasteiger partial charge in [-0.05, 0) is 45.4 Å². The highest BCUT2D eigenvalue weighted by Crippen LogP contribution is 2.55. The zero-order valence-electron chi connectivity index (χ0n) is 15.2. The summed E-state index contributed by atoms with van der Waals surface area (Å²) in [7, 11) is 0. The van der Waals surface area contributed by atoms with Crippen LogP contribution in [0.25, 0.3) is 0 Å². The molecule has 2 aliphatic carbocycles. The van der Waals surface area contributed by atoms with E-state index in [1.807, 2.05) is 6.92 Å². The summed E-state index contributed by atoms with van der Waals surface area (Å²) in [5, 5.41) is 31.4. The van der Waals surface area contributed by atoms with Crippen molar-refractivity contribution in [2.45, 2.75) is 76.8 Å². The Balaban J connectivity index is 1.97. The molecule has 142 valence electrons. The number of carbonyl (C=O) groups excluding carboxylic acids is 1. The van der Waals surface area contributed by atoms with E-state index < -0.39 is 35.6 Å². The number of carbonyl (C=O) groups is 2. The molecule has 3 aliphatic rings. The molecule has 2 saturated carbocycles. The molecule has 3 rings (SSSR count). The average molecular weight is 354 g/mol. The number of ether oxygens (including phenoxy) is 1. The summed E-state index contributed by atoms with van der Waals surface area (Å²) in [5.74, 6) is -2.92. The van der Waals surface area contributed by atoms with E-state index in [1.165, 1.54) is 0 Å². The topological polar surface area (TPSA) is 104 Å². The fraction of sp³-hybridized carbons (Fsp3) is 0.895. The standard InChI is InChI=1S/C19H30O6/c1-4-5-10-8-12-15(16(21)13(10)18(22)23)14-11(9(2)20)6-7-19(3,24)17(14)25-12/h10-17,21,24H,4-8H2,1-3H3,(H,22,23)/t10?,11-,12?,13?,14+,15?,16?,17-,19-/m0/s1. The van der Waals surface area contributed by atoms with Crippen molar-refractivity contribution in [3.8, 4) is 0 Å². The van der Waals surface area contributed by atoms with Crippen molar-refractivity contribution in [1.29, 1.82) is 0 Å². The molecular formula is C19H30O6.